The van der Waals surface area contributed by atoms with Gasteiger partial charge in [0, 0.05) is 21.7 Å². The molecule has 4 rings (SSSR count). The van der Waals surface area contributed by atoms with Crippen molar-refractivity contribution >= 4 is 22.6 Å². The molecular weight excluding hydrogens is 389 g/mol. The van der Waals surface area contributed by atoms with Gasteiger partial charge in [-0.05, 0) is 54.0 Å². The summed E-state index contributed by atoms with van der Waals surface area (Å²) < 4.78 is 9.02. The second-order valence-electron chi connectivity index (χ2n) is 6.03. The lowest BCUT2D eigenvalue weighted by Gasteiger charge is -2.10. The third-order valence-corrected chi connectivity index (χ3v) is 5.03. The van der Waals surface area contributed by atoms with Crippen LogP contribution in [0, 0.1) is 3.57 Å². The molecule has 4 nitrogen and oxygen atoms in total. The Hall–Kier alpha value is -1.21. The lowest BCUT2D eigenvalue weighted by Crippen LogP contribution is -2.18. The summed E-state index contributed by atoms with van der Waals surface area (Å²) >= 11 is 2.31. The summed E-state index contributed by atoms with van der Waals surface area (Å²) in [5, 5.41) is 4.75. The summed E-state index contributed by atoms with van der Waals surface area (Å²) in [6.07, 6.45) is 3.58. The van der Waals surface area contributed by atoms with E-state index < -0.39 is 0 Å². The van der Waals surface area contributed by atoms with Crippen molar-refractivity contribution in [2.24, 2.45) is 0 Å². The summed E-state index contributed by atoms with van der Waals surface area (Å²) in [6, 6.07) is 8.34. The quantitative estimate of drug-likeness (QED) is 0.572. The first kappa shape index (κ1) is 14.4. The highest BCUT2D eigenvalue weighted by molar-refractivity contribution is 14.1. The molecule has 1 aliphatic carbocycles. The Morgan fingerprint density at radius 2 is 2.09 bits per heavy atom. The molecule has 2 fully saturated rings. The number of hydrogen-bond donors (Lipinski definition) is 0. The minimum atomic E-state index is 0.275. The van der Waals surface area contributed by atoms with E-state index in [0.717, 1.165) is 49.6 Å². The second kappa shape index (κ2) is 5.77. The van der Waals surface area contributed by atoms with Gasteiger partial charge in [0.25, 0.3) is 0 Å². The van der Waals surface area contributed by atoms with E-state index in [1.165, 1.54) is 9.14 Å². The van der Waals surface area contributed by atoms with Crippen LogP contribution in [-0.2, 0) is 11.3 Å². The van der Waals surface area contributed by atoms with Crippen LogP contribution >= 0.6 is 22.6 Å². The van der Waals surface area contributed by atoms with Gasteiger partial charge in [-0.1, -0.05) is 24.3 Å². The fraction of sp³-hybridized carbons (Fsp3) is 0.412. The molecule has 1 aromatic heterocycles. The maximum atomic E-state index is 5.76. The Bertz CT molecular complexity index is 701. The van der Waals surface area contributed by atoms with Crippen LogP contribution in [0.15, 0.2) is 36.4 Å². The molecule has 22 heavy (non-hydrogen) atoms. The van der Waals surface area contributed by atoms with Crippen molar-refractivity contribution < 1.29 is 4.74 Å². The van der Waals surface area contributed by atoms with E-state index in [2.05, 4.69) is 53.4 Å². The first-order valence-electron chi connectivity index (χ1n) is 7.70. The summed E-state index contributed by atoms with van der Waals surface area (Å²) in [4.78, 5) is 4.80. The van der Waals surface area contributed by atoms with Gasteiger partial charge in [-0.2, -0.15) is 5.10 Å². The highest BCUT2D eigenvalue weighted by atomic mass is 127. The SMILES string of the molecule is C=C1CC1c1nc(-c2ccc(I)cc2)nn1CC1CCCO1. The van der Waals surface area contributed by atoms with E-state index in [-0.39, 0.29) is 6.10 Å². The zero-order valence-electron chi connectivity index (χ0n) is 12.3. The molecule has 1 saturated heterocycles. The fourth-order valence-corrected chi connectivity index (χ4v) is 3.29. The van der Waals surface area contributed by atoms with Crippen molar-refractivity contribution in [1.82, 2.24) is 14.8 Å². The summed E-state index contributed by atoms with van der Waals surface area (Å²) in [6.45, 7) is 5.75. The number of ether oxygens (including phenoxy) is 1. The van der Waals surface area contributed by atoms with Crippen LogP contribution < -0.4 is 0 Å². The number of benzene rings is 1. The molecule has 0 bridgehead atoms. The standard InChI is InChI=1S/C17H18IN3O/c1-11-9-15(11)17-19-16(12-4-6-13(18)7-5-12)20-21(17)10-14-3-2-8-22-14/h4-7,14-15H,1-3,8-10H2. The van der Waals surface area contributed by atoms with Crippen LogP contribution in [0.4, 0.5) is 0 Å². The molecule has 0 radical (unpaired) electrons. The minimum absolute atomic E-state index is 0.275. The zero-order chi connectivity index (χ0) is 15.1. The first-order valence-corrected chi connectivity index (χ1v) is 8.78. The number of aromatic nitrogens is 3. The number of halogens is 1. The summed E-state index contributed by atoms with van der Waals surface area (Å²) in [7, 11) is 0. The minimum Gasteiger partial charge on any atom is -0.376 e. The molecule has 0 amide bonds. The molecule has 1 aliphatic heterocycles. The van der Waals surface area contributed by atoms with Gasteiger partial charge >= 0.3 is 0 Å². The van der Waals surface area contributed by atoms with E-state index in [0.29, 0.717) is 5.92 Å². The topological polar surface area (TPSA) is 39.9 Å². The second-order valence-corrected chi connectivity index (χ2v) is 7.28. The van der Waals surface area contributed by atoms with E-state index in [4.69, 9.17) is 14.8 Å². The normalized spacial score (nSPS) is 24.0. The Kier molecular flexibility index (Phi) is 3.78. The number of nitrogens with zero attached hydrogens (tertiary/aromatic N) is 3. The molecule has 114 valence electrons. The van der Waals surface area contributed by atoms with E-state index in [1.54, 1.807) is 0 Å². The molecule has 2 aliphatic rings. The van der Waals surface area contributed by atoms with Crippen LogP contribution in [0.25, 0.3) is 11.4 Å². The Morgan fingerprint density at radius 3 is 2.73 bits per heavy atom. The van der Waals surface area contributed by atoms with Crippen LogP contribution in [0.5, 0.6) is 0 Å². The van der Waals surface area contributed by atoms with E-state index >= 15 is 0 Å². The van der Waals surface area contributed by atoms with Crippen molar-refractivity contribution in [3.8, 4) is 11.4 Å². The van der Waals surface area contributed by atoms with Gasteiger partial charge in [0.1, 0.15) is 5.82 Å². The summed E-state index contributed by atoms with van der Waals surface area (Å²) in [5.41, 5.74) is 2.33. The Labute approximate surface area is 143 Å². The van der Waals surface area contributed by atoms with Crippen molar-refractivity contribution in [3.63, 3.8) is 0 Å². The van der Waals surface area contributed by atoms with Crippen LogP contribution in [-0.4, -0.2) is 27.5 Å². The fourth-order valence-electron chi connectivity index (χ4n) is 2.93. The molecule has 2 atom stereocenters. The van der Waals surface area contributed by atoms with Gasteiger partial charge in [-0.25, -0.2) is 9.67 Å². The molecule has 1 saturated carbocycles. The Morgan fingerprint density at radius 1 is 1.32 bits per heavy atom. The lowest BCUT2D eigenvalue weighted by atomic mass is 10.2. The van der Waals surface area contributed by atoms with Crippen molar-refractivity contribution in [3.05, 3.63) is 45.8 Å². The number of rotatable bonds is 4. The largest absolute Gasteiger partial charge is 0.376 e. The maximum Gasteiger partial charge on any atom is 0.181 e. The summed E-state index contributed by atoms with van der Waals surface area (Å²) in [5.74, 6) is 2.24. The van der Waals surface area contributed by atoms with Gasteiger partial charge in [0.05, 0.1) is 12.6 Å². The number of hydrogen-bond acceptors (Lipinski definition) is 3. The predicted molar refractivity (Wildman–Crippen MR) is 93.6 cm³/mol. The monoisotopic (exact) mass is 407 g/mol. The third kappa shape index (κ3) is 2.84. The van der Waals surface area contributed by atoms with Crippen LogP contribution in [0.2, 0.25) is 0 Å². The zero-order valence-corrected chi connectivity index (χ0v) is 14.5. The average molecular weight is 407 g/mol. The molecule has 0 spiro atoms. The smallest absolute Gasteiger partial charge is 0.181 e. The molecule has 0 N–H and O–H groups in total. The molecule has 1 aromatic carbocycles. The molecule has 2 unspecified atom stereocenters. The van der Waals surface area contributed by atoms with E-state index in [1.807, 2.05) is 4.68 Å². The molecule has 2 aromatic rings. The van der Waals surface area contributed by atoms with Gasteiger partial charge in [0.15, 0.2) is 5.82 Å². The van der Waals surface area contributed by atoms with Gasteiger partial charge in [-0.15, -0.1) is 0 Å². The average Bonchev–Trinajstić information content (AvgIpc) is 2.94. The third-order valence-electron chi connectivity index (χ3n) is 4.31. The first-order chi connectivity index (χ1) is 10.7. The van der Waals surface area contributed by atoms with Crippen LogP contribution in [0.1, 0.15) is 31.0 Å². The highest BCUT2D eigenvalue weighted by Gasteiger charge is 2.35. The van der Waals surface area contributed by atoms with Crippen LogP contribution in [0.3, 0.4) is 0 Å². The van der Waals surface area contributed by atoms with Crippen molar-refractivity contribution in [2.75, 3.05) is 6.61 Å². The van der Waals surface area contributed by atoms with E-state index in [9.17, 15) is 0 Å². The lowest BCUT2D eigenvalue weighted by molar-refractivity contribution is 0.0931. The predicted octanol–water partition coefficient (Wildman–Crippen LogP) is 3.77. The van der Waals surface area contributed by atoms with Crippen molar-refractivity contribution in [2.45, 2.75) is 37.8 Å². The van der Waals surface area contributed by atoms with Crippen molar-refractivity contribution in [1.29, 1.82) is 0 Å². The van der Waals surface area contributed by atoms with Gasteiger partial charge < -0.3 is 4.74 Å². The molecule has 2 heterocycles. The molecular formula is C17H18IN3O. The van der Waals surface area contributed by atoms with Gasteiger partial charge in [-0.3, -0.25) is 0 Å². The Balaban J connectivity index is 1.66. The van der Waals surface area contributed by atoms with Gasteiger partial charge in [0.2, 0.25) is 0 Å². The highest BCUT2D eigenvalue weighted by Crippen LogP contribution is 2.45. The maximum absolute atomic E-state index is 5.76. The number of allylic oxidation sites excluding steroid dienone is 1. The molecule has 5 heteroatoms.